The van der Waals surface area contributed by atoms with Crippen molar-refractivity contribution in [1.82, 2.24) is 4.90 Å². The standard InChI is InChI=1S/C20H22Cl2N2O3/c1-3-9-24(20(26)11-14-5-4-6-16(10-14)27-2)13-19(25)23-18-12-15(21)7-8-17(18)22/h4-8,10,12H,3,9,11,13H2,1-2H3,(H,23,25). The van der Waals surface area contributed by atoms with Gasteiger partial charge in [-0.15, -0.1) is 0 Å². The van der Waals surface area contributed by atoms with Crippen molar-refractivity contribution in [3.05, 3.63) is 58.1 Å². The van der Waals surface area contributed by atoms with E-state index in [0.717, 1.165) is 12.0 Å². The van der Waals surface area contributed by atoms with Crippen LogP contribution >= 0.6 is 23.2 Å². The molecule has 2 aromatic carbocycles. The van der Waals surface area contributed by atoms with E-state index < -0.39 is 0 Å². The third kappa shape index (κ3) is 6.45. The van der Waals surface area contributed by atoms with E-state index in [1.54, 1.807) is 25.3 Å². The molecule has 0 fully saturated rings. The zero-order valence-electron chi connectivity index (χ0n) is 15.3. The van der Waals surface area contributed by atoms with Gasteiger partial charge in [-0.2, -0.15) is 0 Å². The first kappa shape index (κ1) is 21.1. The Bertz CT molecular complexity index is 812. The van der Waals surface area contributed by atoms with Gasteiger partial charge in [0.05, 0.1) is 30.8 Å². The van der Waals surface area contributed by atoms with Crippen LogP contribution in [0.25, 0.3) is 0 Å². The number of carbonyl (C=O) groups is 2. The van der Waals surface area contributed by atoms with Crippen LogP contribution in [0.15, 0.2) is 42.5 Å². The molecule has 0 heterocycles. The SMILES string of the molecule is CCCN(CC(=O)Nc1cc(Cl)ccc1Cl)C(=O)Cc1cccc(OC)c1. The summed E-state index contributed by atoms with van der Waals surface area (Å²) in [6.45, 7) is 2.39. The van der Waals surface area contributed by atoms with Gasteiger partial charge in [0.2, 0.25) is 11.8 Å². The molecule has 5 nitrogen and oxygen atoms in total. The van der Waals surface area contributed by atoms with Gasteiger partial charge >= 0.3 is 0 Å². The monoisotopic (exact) mass is 408 g/mol. The van der Waals surface area contributed by atoms with E-state index in [1.807, 2.05) is 31.2 Å². The number of benzene rings is 2. The van der Waals surface area contributed by atoms with Gasteiger partial charge in [0, 0.05) is 11.6 Å². The summed E-state index contributed by atoms with van der Waals surface area (Å²) in [5.74, 6) is 0.236. The van der Waals surface area contributed by atoms with Gasteiger partial charge in [-0.05, 0) is 42.3 Å². The molecule has 0 saturated heterocycles. The van der Waals surface area contributed by atoms with Crippen molar-refractivity contribution in [2.24, 2.45) is 0 Å². The molecular weight excluding hydrogens is 387 g/mol. The molecule has 1 N–H and O–H groups in total. The van der Waals surface area contributed by atoms with E-state index in [1.165, 1.54) is 4.90 Å². The van der Waals surface area contributed by atoms with Crippen molar-refractivity contribution < 1.29 is 14.3 Å². The predicted octanol–water partition coefficient (Wildman–Crippen LogP) is 4.42. The first-order valence-electron chi connectivity index (χ1n) is 8.58. The highest BCUT2D eigenvalue weighted by Crippen LogP contribution is 2.25. The molecule has 27 heavy (non-hydrogen) atoms. The molecule has 2 aromatic rings. The first-order chi connectivity index (χ1) is 12.9. The maximum atomic E-state index is 12.7. The summed E-state index contributed by atoms with van der Waals surface area (Å²) in [4.78, 5) is 26.6. The average Bonchev–Trinajstić information content (AvgIpc) is 2.64. The number of hydrogen-bond donors (Lipinski definition) is 1. The van der Waals surface area contributed by atoms with Crippen LogP contribution in [-0.2, 0) is 16.0 Å². The second-order valence-corrected chi connectivity index (χ2v) is 6.86. The number of amides is 2. The smallest absolute Gasteiger partial charge is 0.244 e. The fourth-order valence-electron chi connectivity index (χ4n) is 2.59. The number of rotatable bonds is 8. The van der Waals surface area contributed by atoms with E-state index in [0.29, 0.717) is 28.0 Å². The number of nitrogens with zero attached hydrogens (tertiary/aromatic N) is 1. The van der Waals surface area contributed by atoms with E-state index in [-0.39, 0.29) is 24.8 Å². The van der Waals surface area contributed by atoms with Crippen molar-refractivity contribution >= 4 is 40.7 Å². The molecule has 0 atom stereocenters. The van der Waals surface area contributed by atoms with Gasteiger partial charge in [-0.25, -0.2) is 0 Å². The zero-order valence-corrected chi connectivity index (χ0v) is 16.8. The van der Waals surface area contributed by atoms with Gasteiger partial charge in [-0.3, -0.25) is 9.59 Å². The normalized spacial score (nSPS) is 10.4. The number of halogens is 2. The lowest BCUT2D eigenvalue weighted by Crippen LogP contribution is -2.39. The fourth-order valence-corrected chi connectivity index (χ4v) is 2.92. The molecular formula is C20H22Cl2N2O3. The van der Waals surface area contributed by atoms with Crippen molar-refractivity contribution in [2.45, 2.75) is 19.8 Å². The van der Waals surface area contributed by atoms with Crippen LogP contribution in [-0.4, -0.2) is 36.9 Å². The summed E-state index contributed by atoms with van der Waals surface area (Å²) in [5, 5.41) is 3.56. The van der Waals surface area contributed by atoms with Crippen LogP contribution in [0.4, 0.5) is 5.69 Å². The average molecular weight is 409 g/mol. The summed E-state index contributed by atoms with van der Waals surface area (Å²) in [5.41, 5.74) is 1.25. The first-order valence-corrected chi connectivity index (χ1v) is 9.34. The van der Waals surface area contributed by atoms with E-state index >= 15 is 0 Å². The van der Waals surface area contributed by atoms with Crippen LogP contribution in [0, 0.1) is 0 Å². The number of anilines is 1. The maximum absolute atomic E-state index is 12.7. The second-order valence-electron chi connectivity index (χ2n) is 6.02. The number of hydrogen-bond acceptors (Lipinski definition) is 3. The number of nitrogens with one attached hydrogen (secondary N) is 1. The Balaban J connectivity index is 2.03. The Kier molecular flexibility index (Phi) is 7.95. The molecule has 0 aliphatic heterocycles. The van der Waals surface area contributed by atoms with Crippen molar-refractivity contribution in [3.8, 4) is 5.75 Å². The van der Waals surface area contributed by atoms with Crippen LogP contribution in [0.3, 0.4) is 0 Å². The molecule has 0 aromatic heterocycles. The van der Waals surface area contributed by atoms with E-state index in [4.69, 9.17) is 27.9 Å². The minimum atomic E-state index is -0.327. The third-order valence-electron chi connectivity index (χ3n) is 3.87. The van der Waals surface area contributed by atoms with Crippen LogP contribution < -0.4 is 10.1 Å². The molecule has 0 aliphatic rings. The fraction of sp³-hybridized carbons (Fsp3) is 0.300. The maximum Gasteiger partial charge on any atom is 0.244 e. The topological polar surface area (TPSA) is 58.6 Å². The van der Waals surface area contributed by atoms with Crippen LogP contribution in [0.1, 0.15) is 18.9 Å². The van der Waals surface area contributed by atoms with Crippen molar-refractivity contribution in [2.75, 3.05) is 25.5 Å². The Morgan fingerprint density at radius 2 is 1.93 bits per heavy atom. The number of carbonyl (C=O) groups excluding carboxylic acids is 2. The molecule has 0 aliphatic carbocycles. The molecule has 0 unspecified atom stereocenters. The highest BCUT2D eigenvalue weighted by molar-refractivity contribution is 6.35. The molecule has 2 rings (SSSR count). The lowest BCUT2D eigenvalue weighted by atomic mass is 10.1. The zero-order chi connectivity index (χ0) is 19.8. The van der Waals surface area contributed by atoms with Crippen molar-refractivity contribution in [1.29, 1.82) is 0 Å². The summed E-state index contributed by atoms with van der Waals surface area (Å²) in [7, 11) is 1.58. The Morgan fingerprint density at radius 1 is 1.15 bits per heavy atom. The molecule has 144 valence electrons. The van der Waals surface area contributed by atoms with Crippen LogP contribution in [0.2, 0.25) is 10.0 Å². The van der Waals surface area contributed by atoms with Gasteiger partial charge < -0.3 is 15.0 Å². The molecule has 7 heteroatoms. The third-order valence-corrected chi connectivity index (χ3v) is 4.44. The molecule has 0 saturated carbocycles. The Labute approximate surface area is 169 Å². The minimum Gasteiger partial charge on any atom is -0.497 e. The molecule has 2 amide bonds. The molecule has 0 radical (unpaired) electrons. The lowest BCUT2D eigenvalue weighted by Gasteiger charge is -2.22. The Morgan fingerprint density at radius 3 is 2.63 bits per heavy atom. The molecule has 0 bridgehead atoms. The minimum absolute atomic E-state index is 0.0561. The molecule has 0 spiro atoms. The highest BCUT2D eigenvalue weighted by atomic mass is 35.5. The number of ether oxygens (including phenoxy) is 1. The summed E-state index contributed by atoms with van der Waals surface area (Å²) in [6, 6.07) is 12.1. The lowest BCUT2D eigenvalue weighted by molar-refractivity contribution is -0.134. The van der Waals surface area contributed by atoms with Crippen LogP contribution in [0.5, 0.6) is 5.75 Å². The van der Waals surface area contributed by atoms with Crippen molar-refractivity contribution in [3.63, 3.8) is 0 Å². The van der Waals surface area contributed by atoms with Gasteiger partial charge in [-0.1, -0.05) is 42.3 Å². The quantitative estimate of drug-likeness (QED) is 0.702. The summed E-state index contributed by atoms with van der Waals surface area (Å²) < 4.78 is 5.18. The van der Waals surface area contributed by atoms with Gasteiger partial charge in [0.1, 0.15) is 5.75 Å². The second kappa shape index (κ2) is 10.2. The summed E-state index contributed by atoms with van der Waals surface area (Å²) in [6.07, 6.45) is 0.942. The Hall–Kier alpha value is -2.24. The predicted molar refractivity (Wildman–Crippen MR) is 109 cm³/mol. The highest BCUT2D eigenvalue weighted by Gasteiger charge is 2.18. The van der Waals surface area contributed by atoms with E-state index in [9.17, 15) is 9.59 Å². The van der Waals surface area contributed by atoms with Gasteiger partial charge in [0.25, 0.3) is 0 Å². The summed E-state index contributed by atoms with van der Waals surface area (Å²) >= 11 is 12.0. The van der Waals surface area contributed by atoms with E-state index in [2.05, 4.69) is 5.32 Å². The largest absolute Gasteiger partial charge is 0.497 e. The number of methoxy groups -OCH3 is 1. The van der Waals surface area contributed by atoms with Gasteiger partial charge in [0.15, 0.2) is 0 Å².